The third kappa shape index (κ3) is 4.12. The van der Waals surface area contributed by atoms with Crippen molar-refractivity contribution < 1.29 is 14.1 Å². The van der Waals surface area contributed by atoms with E-state index in [1.165, 1.54) is 11.3 Å². The summed E-state index contributed by atoms with van der Waals surface area (Å²) >= 11 is 4.88. The van der Waals surface area contributed by atoms with Crippen molar-refractivity contribution in [1.29, 1.82) is 0 Å². The Hall–Kier alpha value is -2.03. The average Bonchev–Trinajstić information content (AvgIpc) is 3.41. The topological polar surface area (TPSA) is 68.5 Å². The van der Waals surface area contributed by atoms with Crippen LogP contribution in [0.4, 0.5) is 5.13 Å². The molecule has 4 rings (SSSR count). The van der Waals surface area contributed by atoms with E-state index in [0.717, 1.165) is 35.2 Å². The molecular formula is C19H18BrN3O3S. The van der Waals surface area contributed by atoms with Crippen LogP contribution >= 0.6 is 27.3 Å². The van der Waals surface area contributed by atoms with Gasteiger partial charge < -0.3 is 9.26 Å². The molecule has 0 N–H and O–H groups in total. The van der Waals surface area contributed by atoms with Crippen molar-refractivity contribution in [3.05, 3.63) is 51.6 Å². The Morgan fingerprint density at radius 1 is 1.37 bits per heavy atom. The number of hydrogen-bond donors (Lipinski definition) is 0. The highest BCUT2D eigenvalue weighted by molar-refractivity contribution is 9.10. The summed E-state index contributed by atoms with van der Waals surface area (Å²) in [5.41, 5.74) is 2.12. The highest BCUT2D eigenvalue weighted by Crippen LogP contribution is 2.30. The summed E-state index contributed by atoms with van der Waals surface area (Å²) in [6, 6.07) is 9.59. The number of anilines is 1. The number of carbonyl (C=O) groups excluding carboxylic acids is 1. The molecule has 6 nitrogen and oxygen atoms in total. The van der Waals surface area contributed by atoms with Gasteiger partial charge in [0.2, 0.25) is 0 Å². The largest absolute Gasteiger partial charge is 0.376 e. The predicted molar refractivity (Wildman–Crippen MR) is 107 cm³/mol. The molecule has 0 saturated carbocycles. The van der Waals surface area contributed by atoms with E-state index in [2.05, 4.69) is 21.1 Å². The van der Waals surface area contributed by atoms with Crippen molar-refractivity contribution >= 4 is 38.3 Å². The lowest BCUT2D eigenvalue weighted by Gasteiger charge is -2.22. The number of carbonyl (C=O) groups is 1. The lowest BCUT2D eigenvalue weighted by Crippen LogP contribution is -2.37. The first-order valence-corrected chi connectivity index (χ1v) is 10.4. The number of thiazole rings is 1. The monoisotopic (exact) mass is 447 g/mol. The van der Waals surface area contributed by atoms with Crippen LogP contribution in [0.25, 0.3) is 11.3 Å². The summed E-state index contributed by atoms with van der Waals surface area (Å²) in [7, 11) is 0. The van der Waals surface area contributed by atoms with Crippen LogP contribution in [0.3, 0.4) is 0 Å². The molecule has 8 heteroatoms. The standard InChI is InChI=1S/C19H18BrN3O3S/c1-12-9-16(22-26-12)18(24)23(10-15-3-2-8-25-15)19-21-17(11-27-19)13-4-6-14(20)7-5-13/h4-7,9,11,15H,2-3,8,10H2,1H3/t15-/m1/s1. The van der Waals surface area contributed by atoms with Gasteiger partial charge in [-0.25, -0.2) is 4.98 Å². The number of amides is 1. The molecule has 0 unspecified atom stereocenters. The Bertz CT molecular complexity index is 932. The van der Waals surface area contributed by atoms with Gasteiger partial charge in [-0.3, -0.25) is 9.69 Å². The third-order valence-corrected chi connectivity index (χ3v) is 5.76. The zero-order valence-electron chi connectivity index (χ0n) is 14.7. The highest BCUT2D eigenvalue weighted by Gasteiger charge is 2.28. The number of ether oxygens (including phenoxy) is 1. The molecule has 3 heterocycles. The maximum atomic E-state index is 13.0. The summed E-state index contributed by atoms with van der Waals surface area (Å²) in [6.07, 6.45) is 1.96. The summed E-state index contributed by atoms with van der Waals surface area (Å²) in [4.78, 5) is 19.4. The van der Waals surface area contributed by atoms with Crippen molar-refractivity contribution in [3.8, 4) is 11.3 Å². The predicted octanol–water partition coefficient (Wildman–Crippen LogP) is 4.69. The van der Waals surface area contributed by atoms with E-state index in [-0.39, 0.29) is 17.7 Å². The second-order valence-electron chi connectivity index (χ2n) is 6.40. The molecule has 1 fully saturated rings. The summed E-state index contributed by atoms with van der Waals surface area (Å²) in [5.74, 6) is 0.379. The maximum Gasteiger partial charge on any atom is 0.282 e. The zero-order valence-corrected chi connectivity index (χ0v) is 17.1. The fourth-order valence-corrected chi connectivity index (χ4v) is 4.09. The van der Waals surface area contributed by atoms with Crippen molar-refractivity contribution in [2.24, 2.45) is 0 Å². The van der Waals surface area contributed by atoms with Crippen LogP contribution in [0.2, 0.25) is 0 Å². The molecule has 140 valence electrons. The molecule has 1 saturated heterocycles. The summed E-state index contributed by atoms with van der Waals surface area (Å²) < 4.78 is 11.8. The molecule has 1 atom stereocenters. The van der Waals surface area contributed by atoms with Crippen molar-refractivity contribution in [3.63, 3.8) is 0 Å². The number of benzene rings is 1. The minimum atomic E-state index is -0.223. The minimum Gasteiger partial charge on any atom is -0.376 e. The van der Waals surface area contributed by atoms with E-state index in [0.29, 0.717) is 17.4 Å². The quantitative estimate of drug-likeness (QED) is 0.566. The number of nitrogens with zero attached hydrogens (tertiary/aromatic N) is 3. The van der Waals surface area contributed by atoms with Crippen LogP contribution in [0.1, 0.15) is 29.1 Å². The second-order valence-corrected chi connectivity index (χ2v) is 8.15. The van der Waals surface area contributed by atoms with Crippen LogP contribution < -0.4 is 4.90 Å². The lowest BCUT2D eigenvalue weighted by atomic mass is 10.2. The van der Waals surface area contributed by atoms with Crippen molar-refractivity contribution in [2.75, 3.05) is 18.1 Å². The number of rotatable bonds is 5. The fourth-order valence-electron chi connectivity index (χ4n) is 2.99. The van der Waals surface area contributed by atoms with Gasteiger partial charge in [-0.15, -0.1) is 11.3 Å². The Balaban J connectivity index is 1.63. The third-order valence-electron chi connectivity index (χ3n) is 4.37. The Kier molecular flexibility index (Phi) is 5.38. The van der Waals surface area contributed by atoms with Crippen LogP contribution in [-0.4, -0.2) is 35.3 Å². The van der Waals surface area contributed by atoms with E-state index in [1.807, 2.05) is 29.6 Å². The van der Waals surface area contributed by atoms with Gasteiger partial charge in [-0.2, -0.15) is 0 Å². The molecule has 1 amide bonds. The van der Waals surface area contributed by atoms with E-state index < -0.39 is 0 Å². The van der Waals surface area contributed by atoms with Gasteiger partial charge in [0, 0.05) is 28.1 Å². The van der Waals surface area contributed by atoms with Gasteiger partial charge in [-0.1, -0.05) is 33.2 Å². The summed E-state index contributed by atoms with van der Waals surface area (Å²) in [6.45, 7) is 2.96. The second kappa shape index (κ2) is 7.92. The molecule has 1 aliphatic rings. The molecule has 1 aromatic carbocycles. The molecule has 2 aromatic heterocycles. The van der Waals surface area contributed by atoms with E-state index in [4.69, 9.17) is 14.2 Å². The molecule has 0 aliphatic carbocycles. The first kappa shape index (κ1) is 18.3. The molecule has 27 heavy (non-hydrogen) atoms. The first-order chi connectivity index (χ1) is 13.1. The van der Waals surface area contributed by atoms with Gasteiger partial charge >= 0.3 is 0 Å². The van der Waals surface area contributed by atoms with E-state index in [1.54, 1.807) is 17.9 Å². The molecule has 0 radical (unpaired) electrons. The molecule has 0 spiro atoms. The van der Waals surface area contributed by atoms with Gasteiger partial charge in [0.25, 0.3) is 5.91 Å². The highest BCUT2D eigenvalue weighted by atomic mass is 79.9. The molecule has 3 aromatic rings. The molecule has 0 bridgehead atoms. The van der Waals surface area contributed by atoms with Gasteiger partial charge in [0.05, 0.1) is 18.3 Å². The van der Waals surface area contributed by atoms with Crippen molar-refractivity contribution in [1.82, 2.24) is 10.1 Å². The number of halogens is 1. The Morgan fingerprint density at radius 3 is 2.85 bits per heavy atom. The number of hydrogen-bond acceptors (Lipinski definition) is 6. The number of aromatic nitrogens is 2. The number of aryl methyl sites for hydroxylation is 1. The smallest absolute Gasteiger partial charge is 0.282 e. The minimum absolute atomic E-state index is 0.0157. The van der Waals surface area contributed by atoms with Gasteiger partial charge in [0.1, 0.15) is 5.76 Å². The SMILES string of the molecule is Cc1cc(C(=O)N(C[C@H]2CCCO2)c2nc(-c3ccc(Br)cc3)cs2)no1. The maximum absolute atomic E-state index is 13.0. The zero-order chi connectivity index (χ0) is 18.8. The normalized spacial score (nSPS) is 16.6. The summed E-state index contributed by atoms with van der Waals surface area (Å²) in [5, 5.41) is 6.47. The molecular weight excluding hydrogens is 430 g/mol. The van der Waals surface area contributed by atoms with Gasteiger partial charge in [0.15, 0.2) is 10.8 Å². The average molecular weight is 448 g/mol. The Labute approximate surface area is 169 Å². The van der Waals surface area contributed by atoms with Gasteiger partial charge in [-0.05, 0) is 31.9 Å². The first-order valence-electron chi connectivity index (χ1n) is 8.68. The molecule has 1 aliphatic heterocycles. The van der Waals surface area contributed by atoms with Crippen LogP contribution in [0.15, 0.2) is 44.7 Å². The van der Waals surface area contributed by atoms with E-state index >= 15 is 0 Å². The van der Waals surface area contributed by atoms with Crippen molar-refractivity contribution in [2.45, 2.75) is 25.9 Å². The fraction of sp³-hybridized carbons (Fsp3) is 0.316. The van der Waals surface area contributed by atoms with Crippen LogP contribution in [0.5, 0.6) is 0 Å². The Morgan fingerprint density at radius 2 is 2.19 bits per heavy atom. The van der Waals surface area contributed by atoms with Crippen LogP contribution in [-0.2, 0) is 4.74 Å². The lowest BCUT2D eigenvalue weighted by molar-refractivity contribution is 0.0910. The van der Waals surface area contributed by atoms with E-state index in [9.17, 15) is 4.79 Å². The van der Waals surface area contributed by atoms with Crippen LogP contribution in [0, 0.1) is 6.92 Å².